The molecule has 320 valence electrons. The second-order valence-corrected chi connectivity index (χ2v) is 20.5. The number of fused-ring (bicyclic) bond motifs is 6. The summed E-state index contributed by atoms with van der Waals surface area (Å²) in [6.07, 6.45) is 0. The number of rotatable bonds is 6. The molecule has 0 N–H and O–H groups in total. The van der Waals surface area contributed by atoms with Gasteiger partial charge in [0, 0.05) is 38.6 Å². The fourth-order valence-electron chi connectivity index (χ4n) is 11.2. The third-order valence-corrected chi connectivity index (χ3v) is 15.5. The molecule has 0 saturated carbocycles. The van der Waals surface area contributed by atoms with E-state index in [2.05, 4.69) is 256 Å². The third kappa shape index (κ3) is 6.96. The van der Waals surface area contributed by atoms with E-state index in [0.29, 0.717) is 0 Å². The van der Waals surface area contributed by atoms with E-state index in [9.17, 15) is 0 Å². The topological polar surface area (TPSA) is 9.86 Å². The number of benzene rings is 9. The van der Waals surface area contributed by atoms with Gasteiger partial charge >= 0.3 is 0 Å². The summed E-state index contributed by atoms with van der Waals surface area (Å²) in [5, 5.41) is 5.23. The number of hydrogen-bond acceptors (Lipinski definition) is 0. The first-order chi connectivity index (χ1) is 32.7. The van der Waals surface area contributed by atoms with Gasteiger partial charge in [-0.25, -0.2) is 0 Å². The summed E-state index contributed by atoms with van der Waals surface area (Å²) in [4.78, 5) is 0. The molecule has 0 saturated heterocycles. The second-order valence-electron chi connectivity index (χ2n) is 20.5. The predicted octanol–water partition coefficient (Wildman–Crippen LogP) is 3.96. The summed E-state index contributed by atoms with van der Waals surface area (Å²) in [7, 11) is 16.3. The van der Waals surface area contributed by atoms with Crippen LogP contribution in [0.25, 0.3) is 99.5 Å². The summed E-state index contributed by atoms with van der Waals surface area (Å²) in [6, 6.07) is 61.3. The SMILES string of the molecule is Bc1c(B)c(B)c2c(c1B)c1c(B)c(-c3ccc4c(c3)c3ccc(-c5ccc(C)cc5)cc3n4-c3ccc(-c4ccc(C(C)(C)C)cc4)cc3)c(B)c(B)c1n2-c1ccc(-c2ccccc2)cc1. The molecular weight excluding hydrogens is 812 g/mol. The Balaban J connectivity index is 1.12. The summed E-state index contributed by atoms with van der Waals surface area (Å²) >= 11 is 0. The van der Waals surface area contributed by atoms with Crippen LogP contribution in [-0.4, -0.2) is 64.1 Å². The fourth-order valence-corrected chi connectivity index (χ4v) is 11.2. The molecular formula is C59H53B7N2. The molecule has 2 aromatic heterocycles. The molecule has 0 atom stereocenters. The van der Waals surface area contributed by atoms with Crippen molar-refractivity contribution in [3.05, 3.63) is 175 Å². The molecule has 11 rings (SSSR count). The first-order valence-corrected chi connectivity index (χ1v) is 24.3. The van der Waals surface area contributed by atoms with Crippen molar-refractivity contribution >= 4 is 137 Å². The van der Waals surface area contributed by atoms with Gasteiger partial charge in [-0.05, 0) is 110 Å². The quantitative estimate of drug-likeness (QED) is 0.225. The molecule has 0 spiro atoms. The van der Waals surface area contributed by atoms with E-state index in [1.165, 1.54) is 143 Å². The van der Waals surface area contributed by atoms with E-state index in [-0.39, 0.29) is 5.41 Å². The zero-order chi connectivity index (χ0) is 47.3. The van der Waals surface area contributed by atoms with Crippen molar-refractivity contribution in [2.45, 2.75) is 33.1 Å². The number of nitrogens with zero attached hydrogens (tertiary/aromatic N) is 2. The van der Waals surface area contributed by atoms with Crippen LogP contribution in [0.3, 0.4) is 0 Å². The lowest BCUT2D eigenvalue weighted by Crippen LogP contribution is -2.48. The molecule has 0 bridgehead atoms. The van der Waals surface area contributed by atoms with Gasteiger partial charge in [0.1, 0.15) is 54.9 Å². The molecule has 2 nitrogen and oxygen atoms in total. The Morgan fingerprint density at radius 2 is 0.824 bits per heavy atom. The molecule has 0 radical (unpaired) electrons. The van der Waals surface area contributed by atoms with E-state index >= 15 is 0 Å². The van der Waals surface area contributed by atoms with Crippen molar-refractivity contribution < 1.29 is 0 Å². The first-order valence-electron chi connectivity index (χ1n) is 24.3. The molecule has 0 fully saturated rings. The van der Waals surface area contributed by atoms with Gasteiger partial charge in [-0.1, -0.05) is 180 Å². The molecule has 11 aromatic rings. The van der Waals surface area contributed by atoms with Crippen molar-refractivity contribution in [3.8, 4) is 55.9 Å². The van der Waals surface area contributed by atoms with Gasteiger partial charge in [-0.3, -0.25) is 0 Å². The highest BCUT2D eigenvalue weighted by molar-refractivity contribution is 6.69. The molecule has 68 heavy (non-hydrogen) atoms. The van der Waals surface area contributed by atoms with Gasteiger partial charge in [0.05, 0.1) is 11.0 Å². The zero-order valence-corrected chi connectivity index (χ0v) is 41.5. The smallest absolute Gasteiger partial charge is 0.141 e. The van der Waals surface area contributed by atoms with E-state index in [0.717, 1.165) is 5.69 Å². The van der Waals surface area contributed by atoms with Crippen LogP contribution in [0.4, 0.5) is 0 Å². The minimum Gasteiger partial charge on any atom is -0.310 e. The van der Waals surface area contributed by atoms with E-state index in [4.69, 9.17) is 0 Å². The van der Waals surface area contributed by atoms with Crippen LogP contribution >= 0.6 is 0 Å². The van der Waals surface area contributed by atoms with E-state index in [1.807, 2.05) is 0 Å². The zero-order valence-electron chi connectivity index (χ0n) is 41.5. The summed E-state index contributed by atoms with van der Waals surface area (Å²) in [6.45, 7) is 8.97. The Labute approximate surface area is 407 Å². The van der Waals surface area contributed by atoms with Gasteiger partial charge in [0.15, 0.2) is 0 Å². The van der Waals surface area contributed by atoms with Crippen molar-refractivity contribution in [2.75, 3.05) is 0 Å². The largest absolute Gasteiger partial charge is 0.310 e. The number of hydrogen-bond donors (Lipinski definition) is 0. The Hall–Kier alpha value is -6.97. The van der Waals surface area contributed by atoms with E-state index in [1.54, 1.807) is 0 Å². The molecule has 0 aliphatic carbocycles. The van der Waals surface area contributed by atoms with Crippen LogP contribution < -0.4 is 38.2 Å². The fraction of sp³-hybridized carbons (Fsp3) is 0.0847. The maximum atomic E-state index is 2.57. The molecule has 9 aromatic carbocycles. The minimum atomic E-state index is 0.118. The standard InChI is InChI=1S/C59H53B7N2/c1-32-10-12-37(13-11-32)38-20-28-43-44-30-39(21-29-45(44)67(46(43)31-38)41-24-16-36(17-25-41)34-14-22-40(23-15-34)59(2,3)4)47-50(60)48-49-52(62)53(63)54(64)56(66)58(49)68(57(48)55(65)51(47)61)42-26-18-35(19-27-42)33-8-6-5-7-9-33/h5-31H,60-66H2,1-4H3. The van der Waals surface area contributed by atoms with Gasteiger partial charge < -0.3 is 9.13 Å². The maximum Gasteiger partial charge on any atom is 0.141 e. The first kappa shape index (κ1) is 43.6. The summed E-state index contributed by atoms with van der Waals surface area (Å²) in [5.41, 5.74) is 29.4. The van der Waals surface area contributed by atoms with Crippen molar-refractivity contribution in [1.82, 2.24) is 9.13 Å². The molecule has 0 amide bonds. The highest BCUT2D eigenvalue weighted by atomic mass is 15.0. The highest BCUT2D eigenvalue weighted by Crippen LogP contribution is 2.39. The second kappa shape index (κ2) is 16.4. The number of aryl methyl sites for hydroxylation is 1. The lowest BCUT2D eigenvalue weighted by atomic mass is 9.64. The molecule has 2 heterocycles. The Kier molecular flexibility index (Phi) is 10.5. The molecule has 0 aliphatic heterocycles. The lowest BCUT2D eigenvalue weighted by Gasteiger charge is -2.19. The monoisotopic (exact) mass is 866 g/mol. The lowest BCUT2D eigenvalue weighted by molar-refractivity contribution is 0.590. The third-order valence-electron chi connectivity index (χ3n) is 15.5. The maximum absolute atomic E-state index is 2.57. The predicted molar refractivity (Wildman–Crippen MR) is 318 cm³/mol. The molecule has 9 heteroatoms. The van der Waals surface area contributed by atoms with Gasteiger partial charge in [-0.2, -0.15) is 0 Å². The summed E-state index contributed by atoms with van der Waals surface area (Å²) in [5.74, 6) is 0. The van der Waals surface area contributed by atoms with Crippen molar-refractivity contribution in [2.24, 2.45) is 0 Å². The highest BCUT2D eigenvalue weighted by Gasteiger charge is 2.25. The van der Waals surface area contributed by atoms with Gasteiger partial charge in [0.25, 0.3) is 0 Å². The van der Waals surface area contributed by atoms with Crippen LogP contribution in [0.5, 0.6) is 0 Å². The molecule has 0 aliphatic rings. The minimum absolute atomic E-state index is 0.118. The van der Waals surface area contributed by atoms with Crippen LogP contribution in [0.1, 0.15) is 31.9 Å². The van der Waals surface area contributed by atoms with Gasteiger partial charge in [-0.15, -0.1) is 5.46 Å². The Morgan fingerprint density at radius 1 is 0.353 bits per heavy atom. The Bertz CT molecular complexity index is 3810. The average molecular weight is 866 g/mol. The van der Waals surface area contributed by atoms with E-state index < -0.39 is 0 Å². The normalized spacial score (nSPS) is 11.9. The Morgan fingerprint density at radius 3 is 1.43 bits per heavy atom. The average Bonchev–Trinajstić information content (AvgIpc) is 3.89. The van der Waals surface area contributed by atoms with Crippen molar-refractivity contribution in [1.29, 1.82) is 0 Å². The van der Waals surface area contributed by atoms with Crippen LogP contribution in [0.2, 0.25) is 0 Å². The molecule has 0 unspecified atom stereocenters. The van der Waals surface area contributed by atoms with Crippen LogP contribution in [0.15, 0.2) is 164 Å². The van der Waals surface area contributed by atoms with Crippen LogP contribution in [-0.2, 0) is 5.41 Å². The van der Waals surface area contributed by atoms with Gasteiger partial charge in [0.2, 0.25) is 0 Å². The summed E-state index contributed by atoms with van der Waals surface area (Å²) < 4.78 is 5.04. The van der Waals surface area contributed by atoms with Crippen molar-refractivity contribution in [3.63, 3.8) is 0 Å². The number of aromatic nitrogens is 2. The van der Waals surface area contributed by atoms with Crippen LogP contribution in [0, 0.1) is 6.92 Å².